The van der Waals surface area contributed by atoms with Crippen molar-refractivity contribution in [3.8, 4) is 5.69 Å². The molecule has 3 N–H and O–H groups in total. The average molecular weight is 320 g/mol. The summed E-state index contributed by atoms with van der Waals surface area (Å²) in [7, 11) is 0. The monoisotopic (exact) mass is 320 g/mol. The van der Waals surface area contributed by atoms with Gasteiger partial charge in [-0.3, -0.25) is 4.79 Å². The molecule has 2 aromatic heterocycles. The molecule has 8 nitrogen and oxygen atoms in total. The maximum Gasteiger partial charge on any atom is 0.323 e. The van der Waals surface area contributed by atoms with Crippen LogP contribution >= 0.6 is 0 Å². The number of hydrogen-bond donors (Lipinski definition) is 3. The third kappa shape index (κ3) is 2.56. The Kier molecular flexibility index (Phi) is 3.20. The molecule has 0 atom stereocenters. The van der Waals surface area contributed by atoms with Crippen molar-refractivity contribution in [2.24, 2.45) is 0 Å². The summed E-state index contributed by atoms with van der Waals surface area (Å²) < 4.78 is 0. The average Bonchev–Trinajstić information content (AvgIpc) is 3.21. The van der Waals surface area contributed by atoms with Gasteiger partial charge < -0.3 is 15.3 Å². The number of imidazole rings is 1. The van der Waals surface area contributed by atoms with E-state index in [-0.39, 0.29) is 17.3 Å². The third-order valence-corrected chi connectivity index (χ3v) is 3.49. The topological polar surface area (TPSA) is 108 Å². The van der Waals surface area contributed by atoms with Crippen molar-refractivity contribution < 1.29 is 4.79 Å². The van der Waals surface area contributed by atoms with Gasteiger partial charge in [0, 0.05) is 5.69 Å². The molecule has 0 bridgehead atoms. The lowest BCUT2D eigenvalue weighted by atomic mass is 10.2. The fraction of sp³-hybridized carbons (Fsp3) is 0. The molecular weight excluding hydrogens is 308 g/mol. The van der Waals surface area contributed by atoms with Gasteiger partial charge in [0.25, 0.3) is 5.91 Å². The van der Waals surface area contributed by atoms with Gasteiger partial charge in [-0.1, -0.05) is 18.2 Å². The Morgan fingerprint density at radius 2 is 1.83 bits per heavy atom. The molecule has 0 saturated carbocycles. The highest BCUT2D eigenvalue weighted by atomic mass is 16.2. The van der Waals surface area contributed by atoms with Crippen LogP contribution in [0.15, 0.2) is 59.5 Å². The van der Waals surface area contributed by atoms with Crippen molar-refractivity contribution in [1.29, 1.82) is 0 Å². The van der Waals surface area contributed by atoms with Crippen molar-refractivity contribution in [3.05, 3.63) is 70.9 Å². The lowest BCUT2D eigenvalue weighted by Crippen LogP contribution is -2.13. The molecule has 0 saturated heterocycles. The number of H-pyrrole nitrogens is 2. The fourth-order valence-electron chi connectivity index (χ4n) is 2.36. The molecule has 2 heterocycles. The van der Waals surface area contributed by atoms with Crippen molar-refractivity contribution in [2.75, 3.05) is 5.32 Å². The zero-order chi connectivity index (χ0) is 16.5. The van der Waals surface area contributed by atoms with E-state index in [1.165, 1.54) is 11.0 Å². The van der Waals surface area contributed by atoms with Gasteiger partial charge in [-0.15, -0.1) is 5.10 Å². The van der Waals surface area contributed by atoms with E-state index in [0.29, 0.717) is 16.7 Å². The molecule has 0 aliphatic heterocycles. The predicted octanol–water partition coefficient (Wildman–Crippen LogP) is 1.69. The largest absolute Gasteiger partial charge is 0.323 e. The second-order valence-corrected chi connectivity index (χ2v) is 5.15. The first-order valence-corrected chi connectivity index (χ1v) is 7.20. The smallest absolute Gasteiger partial charge is 0.320 e. The molecular formula is C16H12N6O2. The van der Waals surface area contributed by atoms with Gasteiger partial charge in [-0.05, 0) is 30.3 Å². The molecule has 8 heteroatoms. The molecule has 0 aliphatic carbocycles. The molecule has 24 heavy (non-hydrogen) atoms. The van der Waals surface area contributed by atoms with Crippen LogP contribution in [0.1, 0.15) is 10.5 Å². The number of carbonyl (C=O) groups excluding carboxylic acids is 1. The van der Waals surface area contributed by atoms with E-state index in [1.807, 2.05) is 30.3 Å². The Morgan fingerprint density at radius 3 is 2.67 bits per heavy atom. The highest BCUT2D eigenvalue weighted by molar-refractivity contribution is 6.03. The minimum absolute atomic E-state index is 0.196. The van der Waals surface area contributed by atoms with E-state index >= 15 is 0 Å². The third-order valence-electron chi connectivity index (χ3n) is 3.49. The quantitative estimate of drug-likeness (QED) is 0.533. The summed E-state index contributed by atoms with van der Waals surface area (Å²) in [5, 5.41) is 11.0. The van der Waals surface area contributed by atoms with Gasteiger partial charge >= 0.3 is 5.69 Å². The summed E-state index contributed by atoms with van der Waals surface area (Å²) >= 11 is 0. The second-order valence-electron chi connectivity index (χ2n) is 5.15. The zero-order valence-corrected chi connectivity index (χ0v) is 12.4. The Bertz CT molecular complexity index is 1080. The number of benzene rings is 2. The number of hydrogen-bond acceptors (Lipinski definition) is 4. The number of nitrogens with zero attached hydrogens (tertiary/aromatic N) is 3. The maximum absolute atomic E-state index is 12.3. The summed E-state index contributed by atoms with van der Waals surface area (Å²) in [5.74, 6) is -0.380. The van der Waals surface area contributed by atoms with E-state index in [9.17, 15) is 9.59 Å². The fourth-order valence-corrected chi connectivity index (χ4v) is 2.36. The van der Waals surface area contributed by atoms with Gasteiger partial charge in [0.2, 0.25) is 0 Å². The van der Waals surface area contributed by atoms with E-state index in [4.69, 9.17) is 0 Å². The Balaban J connectivity index is 1.57. The van der Waals surface area contributed by atoms with Crippen LogP contribution in [0, 0.1) is 0 Å². The number of aromatic amines is 2. The van der Waals surface area contributed by atoms with Gasteiger partial charge in [-0.2, -0.15) is 9.90 Å². The number of amides is 1. The molecule has 4 aromatic rings. The van der Waals surface area contributed by atoms with E-state index in [1.54, 1.807) is 18.2 Å². The van der Waals surface area contributed by atoms with Gasteiger partial charge in [-0.25, -0.2) is 4.79 Å². The molecule has 1 amide bonds. The Hall–Kier alpha value is -3.68. The van der Waals surface area contributed by atoms with Crippen LogP contribution in [0.3, 0.4) is 0 Å². The number of para-hydroxylation sites is 1. The highest BCUT2D eigenvalue weighted by Crippen LogP contribution is 2.15. The standard InChI is InChI=1S/C16H12N6O2/c23-15(14-9-17-22(21-14)11-4-2-1-3-5-11)18-10-6-7-12-13(8-10)20-16(24)19-12/h1-9H,(H,18,23)(H2,19,20,24). The molecule has 0 fully saturated rings. The van der Waals surface area contributed by atoms with Crippen molar-refractivity contribution in [1.82, 2.24) is 25.0 Å². The Morgan fingerprint density at radius 1 is 1.04 bits per heavy atom. The normalized spacial score (nSPS) is 10.8. The SMILES string of the molecule is O=C(Nc1ccc2[nH]c(=O)[nH]c2c1)c1cnn(-c2ccccc2)n1. The van der Waals surface area contributed by atoms with Crippen molar-refractivity contribution in [3.63, 3.8) is 0 Å². The van der Waals surface area contributed by atoms with E-state index in [2.05, 4.69) is 25.5 Å². The molecule has 0 unspecified atom stereocenters. The predicted molar refractivity (Wildman–Crippen MR) is 88.2 cm³/mol. The first kappa shape index (κ1) is 13.9. The number of nitrogens with one attached hydrogen (secondary N) is 3. The van der Waals surface area contributed by atoms with Crippen LogP contribution in [-0.4, -0.2) is 30.9 Å². The van der Waals surface area contributed by atoms with Crippen LogP contribution in [0.4, 0.5) is 5.69 Å². The molecule has 0 radical (unpaired) electrons. The van der Waals surface area contributed by atoms with E-state index < -0.39 is 0 Å². The summed E-state index contributed by atoms with van der Waals surface area (Å²) in [4.78, 5) is 30.2. The minimum atomic E-state index is -0.380. The number of carbonyl (C=O) groups is 1. The number of fused-ring (bicyclic) bond motifs is 1. The highest BCUT2D eigenvalue weighted by Gasteiger charge is 2.12. The summed E-state index contributed by atoms with van der Waals surface area (Å²) in [6.45, 7) is 0. The molecule has 0 aliphatic rings. The first-order valence-electron chi connectivity index (χ1n) is 7.20. The molecule has 118 valence electrons. The van der Waals surface area contributed by atoms with Crippen molar-refractivity contribution in [2.45, 2.75) is 0 Å². The molecule has 0 spiro atoms. The van der Waals surface area contributed by atoms with E-state index in [0.717, 1.165) is 5.69 Å². The summed E-state index contributed by atoms with van der Waals surface area (Å²) in [6.07, 6.45) is 1.40. The van der Waals surface area contributed by atoms with Crippen LogP contribution in [0.25, 0.3) is 16.7 Å². The number of rotatable bonds is 3. The zero-order valence-electron chi connectivity index (χ0n) is 12.4. The molecule has 2 aromatic carbocycles. The summed E-state index contributed by atoms with van der Waals surface area (Å²) in [6, 6.07) is 14.4. The lowest BCUT2D eigenvalue weighted by molar-refractivity contribution is 0.102. The number of anilines is 1. The second kappa shape index (κ2) is 5.51. The van der Waals surface area contributed by atoms with Gasteiger partial charge in [0.05, 0.1) is 22.9 Å². The van der Waals surface area contributed by atoms with Crippen LogP contribution in [0.2, 0.25) is 0 Å². The summed E-state index contributed by atoms with van der Waals surface area (Å²) in [5.41, 5.74) is 2.51. The van der Waals surface area contributed by atoms with Crippen molar-refractivity contribution >= 4 is 22.6 Å². The molecule has 4 rings (SSSR count). The minimum Gasteiger partial charge on any atom is -0.320 e. The van der Waals surface area contributed by atoms with Gasteiger partial charge in [0.1, 0.15) is 0 Å². The van der Waals surface area contributed by atoms with Crippen LogP contribution < -0.4 is 11.0 Å². The number of aromatic nitrogens is 5. The Labute approximate surface area is 135 Å². The lowest BCUT2D eigenvalue weighted by Gasteiger charge is -2.02. The van der Waals surface area contributed by atoms with Crippen LogP contribution in [0.5, 0.6) is 0 Å². The van der Waals surface area contributed by atoms with Gasteiger partial charge in [0.15, 0.2) is 5.69 Å². The maximum atomic E-state index is 12.3. The first-order chi connectivity index (χ1) is 11.7. The van der Waals surface area contributed by atoms with Crippen LogP contribution in [-0.2, 0) is 0 Å².